The predicted octanol–water partition coefficient (Wildman–Crippen LogP) is 3.25. The molecule has 0 bridgehead atoms. The average molecular weight is 428 g/mol. The number of rotatable bonds is 7. The molecule has 30 heavy (non-hydrogen) atoms. The van der Waals surface area contributed by atoms with Gasteiger partial charge in [0.1, 0.15) is 21.5 Å². The third-order valence-electron chi connectivity index (χ3n) is 5.20. The average Bonchev–Trinajstić information content (AvgIpc) is 3.38. The lowest BCUT2D eigenvalue weighted by molar-refractivity contribution is -0.117. The molecule has 1 aliphatic rings. The van der Waals surface area contributed by atoms with E-state index >= 15 is 0 Å². The van der Waals surface area contributed by atoms with Crippen molar-refractivity contribution in [3.8, 4) is 5.75 Å². The van der Waals surface area contributed by atoms with Gasteiger partial charge in [-0.05, 0) is 50.6 Å². The summed E-state index contributed by atoms with van der Waals surface area (Å²) in [6, 6.07) is 9.76. The zero-order valence-corrected chi connectivity index (χ0v) is 17.9. The van der Waals surface area contributed by atoms with Gasteiger partial charge in [0, 0.05) is 18.4 Å². The number of hydrogen-bond donors (Lipinski definition) is 1. The van der Waals surface area contributed by atoms with Gasteiger partial charge >= 0.3 is 0 Å². The molecule has 0 unspecified atom stereocenters. The van der Waals surface area contributed by atoms with Crippen molar-refractivity contribution < 1.29 is 14.1 Å². The highest BCUT2D eigenvalue weighted by atomic mass is 32.1. The minimum Gasteiger partial charge on any atom is -0.497 e. The number of nitrogens with one attached hydrogen (secondary N) is 1. The van der Waals surface area contributed by atoms with E-state index in [9.17, 15) is 4.79 Å². The van der Waals surface area contributed by atoms with Crippen LogP contribution in [0.3, 0.4) is 0 Å². The normalized spacial score (nSPS) is 15.3. The highest BCUT2D eigenvalue weighted by Gasteiger charge is 2.25. The highest BCUT2D eigenvalue weighted by Crippen LogP contribution is 2.30. The van der Waals surface area contributed by atoms with E-state index in [0.29, 0.717) is 24.0 Å². The molecule has 1 amide bonds. The number of likely N-dealkylation sites (tertiary alicyclic amines) is 1. The maximum Gasteiger partial charge on any atom is 0.239 e. The highest BCUT2D eigenvalue weighted by molar-refractivity contribution is 7.11. The van der Waals surface area contributed by atoms with Crippen molar-refractivity contribution in [2.24, 2.45) is 0 Å². The van der Waals surface area contributed by atoms with Gasteiger partial charge in [0.25, 0.3) is 0 Å². The summed E-state index contributed by atoms with van der Waals surface area (Å²) >= 11 is 1.69. The Hall–Kier alpha value is -2.78. The number of aryl methyl sites for hydroxylation is 1. The van der Waals surface area contributed by atoms with E-state index in [1.807, 2.05) is 12.1 Å². The van der Waals surface area contributed by atoms with Crippen LogP contribution in [0.4, 0.5) is 5.82 Å². The van der Waals surface area contributed by atoms with Crippen LogP contribution in [0.2, 0.25) is 0 Å². The van der Waals surface area contributed by atoms with E-state index in [0.717, 1.165) is 48.1 Å². The number of amides is 1. The Morgan fingerprint density at radius 2 is 2.03 bits per heavy atom. The molecule has 0 radical (unpaired) electrons. The van der Waals surface area contributed by atoms with Crippen LogP contribution in [-0.4, -0.2) is 52.9 Å². The van der Waals surface area contributed by atoms with Crippen molar-refractivity contribution in [2.75, 3.05) is 32.1 Å². The summed E-state index contributed by atoms with van der Waals surface area (Å²) in [5, 5.41) is 17.5. The number of carbonyl (C=O) groups excluding carboxylic acids is 1. The van der Waals surface area contributed by atoms with Crippen molar-refractivity contribution in [3.05, 3.63) is 51.7 Å². The van der Waals surface area contributed by atoms with Gasteiger partial charge in [0.05, 0.1) is 13.7 Å². The molecular weight excluding hydrogens is 402 g/mol. The zero-order chi connectivity index (χ0) is 20.9. The molecule has 1 N–H and O–H groups in total. The fraction of sp³-hybridized carbons (Fsp3) is 0.429. The molecule has 1 aromatic carbocycles. The van der Waals surface area contributed by atoms with Gasteiger partial charge in [-0.15, -0.1) is 21.5 Å². The molecule has 0 saturated carbocycles. The Labute approximate surface area is 179 Å². The monoisotopic (exact) mass is 427 g/mol. The van der Waals surface area contributed by atoms with Gasteiger partial charge in [0.2, 0.25) is 5.91 Å². The lowest BCUT2D eigenvalue weighted by atomic mass is 9.98. The van der Waals surface area contributed by atoms with Crippen molar-refractivity contribution >= 4 is 23.1 Å². The summed E-state index contributed by atoms with van der Waals surface area (Å²) in [6.07, 6.45) is 2.74. The molecule has 0 aliphatic carbocycles. The van der Waals surface area contributed by atoms with E-state index < -0.39 is 0 Å². The summed E-state index contributed by atoms with van der Waals surface area (Å²) < 4.78 is 10.2. The van der Waals surface area contributed by atoms with Crippen molar-refractivity contribution in [2.45, 2.75) is 32.1 Å². The van der Waals surface area contributed by atoms with Gasteiger partial charge in [-0.2, -0.15) is 0 Å². The van der Waals surface area contributed by atoms with Crippen LogP contribution in [0.15, 0.2) is 34.9 Å². The molecule has 1 aliphatic heterocycles. The van der Waals surface area contributed by atoms with Crippen LogP contribution >= 0.6 is 11.3 Å². The third kappa shape index (κ3) is 5.22. The SMILES string of the molecule is COc1ccc(Cc2nnc(C3CCN(CC(=O)Nc4cc(C)on4)CC3)s2)cc1. The molecule has 3 aromatic rings. The standard InChI is InChI=1S/C21H25N5O3S/c1-14-11-18(25-29-14)22-19(27)13-26-9-7-16(8-10-26)21-24-23-20(30-21)12-15-3-5-17(28-2)6-4-15/h3-6,11,16H,7-10,12-13H2,1-2H3,(H,22,25,27). The predicted molar refractivity (Wildman–Crippen MR) is 114 cm³/mol. The van der Waals surface area contributed by atoms with Gasteiger partial charge in [-0.25, -0.2) is 0 Å². The number of ether oxygens (including phenoxy) is 1. The first-order valence-electron chi connectivity index (χ1n) is 10.00. The number of carbonyl (C=O) groups is 1. The number of nitrogens with zero attached hydrogens (tertiary/aromatic N) is 4. The van der Waals surface area contributed by atoms with Gasteiger partial charge in [-0.1, -0.05) is 17.3 Å². The first-order valence-corrected chi connectivity index (χ1v) is 10.8. The van der Waals surface area contributed by atoms with Gasteiger partial charge in [-0.3, -0.25) is 9.69 Å². The Morgan fingerprint density at radius 3 is 2.70 bits per heavy atom. The Morgan fingerprint density at radius 1 is 1.27 bits per heavy atom. The molecule has 158 valence electrons. The van der Waals surface area contributed by atoms with Crippen molar-refractivity contribution in [3.63, 3.8) is 0 Å². The second-order valence-electron chi connectivity index (χ2n) is 7.48. The summed E-state index contributed by atoms with van der Waals surface area (Å²) in [5.74, 6) is 2.33. The minimum atomic E-state index is -0.0700. The van der Waals surface area contributed by atoms with Crippen LogP contribution in [0.1, 0.15) is 40.1 Å². The second kappa shape index (κ2) is 9.36. The summed E-state index contributed by atoms with van der Waals surface area (Å²) in [7, 11) is 1.67. The largest absolute Gasteiger partial charge is 0.497 e. The molecule has 1 fully saturated rings. The number of aromatic nitrogens is 3. The van der Waals surface area contributed by atoms with Crippen LogP contribution in [0.25, 0.3) is 0 Å². The third-order valence-corrected chi connectivity index (χ3v) is 6.28. The molecule has 3 heterocycles. The fourth-order valence-corrected chi connectivity index (χ4v) is 4.62. The number of piperidine rings is 1. The van der Waals surface area contributed by atoms with Crippen molar-refractivity contribution in [1.82, 2.24) is 20.3 Å². The summed E-state index contributed by atoms with van der Waals surface area (Å²) in [6.45, 7) is 3.88. The lowest BCUT2D eigenvalue weighted by Gasteiger charge is -2.30. The Bertz CT molecular complexity index is 977. The van der Waals surface area contributed by atoms with Gasteiger partial charge in [0.15, 0.2) is 5.82 Å². The van der Waals surface area contributed by atoms with Crippen LogP contribution in [0.5, 0.6) is 5.75 Å². The molecule has 9 heteroatoms. The first kappa shape index (κ1) is 20.5. The minimum absolute atomic E-state index is 0.0700. The summed E-state index contributed by atoms with van der Waals surface area (Å²) in [4.78, 5) is 14.4. The number of hydrogen-bond acceptors (Lipinski definition) is 8. The molecule has 8 nitrogen and oxygen atoms in total. The van der Waals surface area contributed by atoms with Crippen LogP contribution < -0.4 is 10.1 Å². The van der Waals surface area contributed by atoms with E-state index in [2.05, 4.69) is 37.7 Å². The molecule has 4 rings (SSSR count). The quantitative estimate of drug-likeness (QED) is 0.619. The maximum atomic E-state index is 12.2. The molecule has 0 atom stereocenters. The first-order chi connectivity index (χ1) is 14.6. The van der Waals surface area contributed by atoms with E-state index in [1.165, 1.54) is 5.56 Å². The molecular formula is C21H25N5O3S. The van der Waals surface area contributed by atoms with E-state index in [4.69, 9.17) is 9.26 Å². The molecule has 0 spiro atoms. The fourth-order valence-electron chi connectivity index (χ4n) is 3.57. The number of methoxy groups -OCH3 is 1. The van der Waals surface area contributed by atoms with E-state index in [-0.39, 0.29) is 5.91 Å². The lowest BCUT2D eigenvalue weighted by Crippen LogP contribution is -2.38. The van der Waals surface area contributed by atoms with Crippen LogP contribution in [0, 0.1) is 6.92 Å². The second-order valence-corrected chi connectivity index (χ2v) is 8.57. The number of anilines is 1. The summed E-state index contributed by atoms with van der Waals surface area (Å²) in [5.41, 5.74) is 1.20. The topological polar surface area (TPSA) is 93.4 Å². The molecule has 2 aromatic heterocycles. The molecule has 1 saturated heterocycles. The van der Waals surface area contributed by atoms with Crippen LogP contribution in [-0.2, 0) is 11.2 Å². The van der Waals surface area contributed by atoms with Crippen molar-refractivity contribution in [1.29, 1.82) is 0 Å². The number of benzene rings is 1. The van der Waals surface area contributed by atoms with E-state index in [1.54, 1.807) is 31.4 Å². The maximum absolute atomic E-state index is 12.2. The smallest absolute Gasteiger partial charge is 0.239 e. The zero-order valence-electron chi connectivity index (χ0n) is 17.1. The Kier molecular flexibility index (Phi) is 6.39. The Balaban J connectivity index is 1.25. The van der Waals surface area contributed by atoms with Gasteiger partial charge < -0.3 is 14.6 Å².